The minimum atomic E-state index is 0.500. The van der Waals surface area contributed by atoms with Crippen LogP contribution in [0.4, 0.5) is 0 Å². The van der Waals surface area contributed by atoms with Gasteiger partial charge in [0.25, 0.3) is 0 Å². The van der Waals surface area contributed by atoms with Crippen LogP contribution >= 0.6 is 0 Å². The Labute approximate surface area is 338 Å². The number of furan rings is 1. The van der Waals surface area contributed by atoms with Crippen molar-refractivity contribution < 1.29 is 9.15 Å². The number of hydrogen-bond acceptors (Lipinski definition) is 5. The molecule has 0 fully saturated rings. The first kappa shape index (κ1) is 33.1. The van der Waals surface area contributed by atoms with Crippen LogP contribution < -0.4 is 4.74 Å². The first-order chi connectivity index (χ1) is 29.2. The second-order valence-electron chi connectivity index (χ2n) is 14.8. The Balaban J connectivity index is 1.10. The Hall–Kier alpha value is -8.03. The van der Waals surface area contributed by atoms with Crippen LogP contribution in [0.25, 0.3) is 100.0 Å². The summed E-state index contributed by atoms with van der Waals surface area (Å²) in [6.45, 7) is 2.05. The largest absolute Gasteiger partial charge is 0.456 e. The van der Waals surface area contributed by atoms with Crippen molar-refractivity contribution in [1.29, 1.82) is 0 Å². The fourth-order valence-corrected chi connectivity index (χ4v) is 8.75. The van der Waals surface area contributed by atoms with E-state index in [1.807, 2.05) is 67.6 Å². The third kappa shape index (κ3) is 5.18. The van der Waals surface area contributed by atoms with Crippen LogP contribution in [-0.4, -0.2) is 24.1 Å². The maximum atomic E-state index is 6.70. The molecule has 0 unspecified atom stereocenters. The number of aryl methyl sites for hydroxylation is 1. The lowest BCUT2D eigenvalue weighted by Gasteiger charge is -2.15. The summed E-state index contributed by atoms with van der Waals surface area (Å²) in [5.74, 6) is 2.95. The quantitative estimate of drug-likeness (QED) is 0.169. The van der Waals surface area contributed by atoms with Crippen LogP contribution in [0.3, 0.4) is 0 Å². The summed E-state index contributed by atoms with van der Waals surface area (Å²) in [7, 11) is 0. The van der Waals surface area contributed by atoms with Gasteiger partial charge in [-0.3, -0.25) is 4.57 Å². The molecule has 0 radical (unpaired) electrons. The highest BCUT2D eigenvalue weighted by Gasteiger charge is 2.23. The van der Waals surface area contributed by atoms with Gasteiger partial charge in [0.15, 0.2) is 11.6 Å². The van der Waals surface area contributed by atoms with Gasteiger partial charge in [-0.1, -0.05) is 115 Å². The number of ether oxygens (including phenoxy) is 1. The van der Waals surface area contributed by atoms with Crippen molar-refractivity contribution in [2.45, 2.75) is 6.92 Å². The zero-order valence-corrected chi connectivity index (χ0v) is 31.9. The van der Waals surface area contributed by atoms with E-state index in [1.54, 1.807) is 0 Å². The minimum Gasteiger partial charge on any atom is -0.456 e. The third-order valence-electron chi connectivity index (χ3n) is 11.4. The molecule has 12 rings (SSSR count). The van der Waals surface area contributed by atoms with Crippen molar-refractivity contribution in [2.75, 3.05) is 0 Å². The lowest BCUT2D eigenvalue weighted by molar-refractivity contribution is 0.480. The first-order valence-electron chi connectivity index (χ1n) is 19.7. The van der Waals surface area contributed by atoms with E-state index < -0.39 is 0 Å². The highest BCUT2D eigenvalue weighted by molar-refractivity contribution is 6.13. The van der Waals surface area contributed by atoms with Crippen LogP contribution in [0.5, 0.6) is 11.5 Å². The fourth-order valence-electron chi connectivity index (χ4n) is 8.75. The van der Waals surface area contributed by atoms with Crippen LogP contribution in [-0.2, 0) is 0 Å². The molecule has 278 valence electrons. The second kappa shape index (κ2) is 13.0. The zero-order chi connectivity index (χ0) is 39.0. The van der Waals surface area contributed by atoms with E-state index in [1.165, 1.54) is 10.8 Å². The molecule has 7 nitrogen and oxygen atoms in total. The van der Waals surface area contributed by atoms with Crippen molar-refractivity contribution >= 4 is 65.6 Å². The molecule has 4 aromatic heterocycles. The molecule has 0 bridgehead atoms. The standard InChI is InChI=1S/C52H33N5O2/c1-32-15-13-23-41(49(32)58-34-16-3-2-4-17-34)51-53-50(54-52(55-51)57-44-26-11-7-20-37(44)38-21-8-12-27-45(38)57)40-22-14-28-46-48(40)39-30-29-33(31-47(39)59-46)56-42-24-9-5-18-35(42)36-19-6-10-25-43(36)56/h2-31H,1H3. The normalized spacial score (nSPS) is 11.8. The van der Waals surface area contributed by atoms with Crippen molar-refractivity contribution in [2.24, 2.45) is 0 Å². The van der Waals surface area contributed by atoms with Gasteiger partial charge in [0.2, 0.25) is 5.95 Å². The van der Waals surface area contributed by atoms with Gasteiger partial charge in [0.05, 0.1) is 27.6 Å². The molecule has 7 heteroatoms. The Bertz CT molecular complexity index is 3510. The number of aromatic nitrogens is 5. The Kier molecular flexibility index (Phi) is 7.31. The zero-order valence-electron chi connectivity index (χ0n) is 31.9. The van der Waals surface area contributed by atoms with Gasteiger partial charge in [-0.2, -0.15) is 9.97 Å². The fraction of sp³-hybridized carbons (Fsp3) is 0.0192. The number of hydrogen-bond donors (Lipinski definition) is 0. The van der Waals surface area contributed by atoms with Gasteiger partial charge in [-0.05, 0) is 73.2 Å². The van der Waals surface area contributed by atoms with Crippen molar-refractivity contribution in [3.05, 3.63) is 188 Å². The van der Waals surface area contributed by atoms with Gasteiger partial charge >= 0.3 is 0 Å². The molecule has 0 aliphatic rings. The molecule has 0 saturated carbocycles. The Morgan fingerprint density at radius 3 is 1.63 bits per heavy atom. The summed E-state index contributed by atoms with van der Waals surface area (Å²) in [5, 5.41) is 6.58. The molecule has 0 spiro atoms. The maximum absolute atomic E-state index is 6.70. The molecule has 0 atom stereocenters. The van der Waals surface area contributed by atoms with Gasteiger partial charge in [-0.15, -0.1) is 0 Å². The molecule has 0 aliphatic heterocycles. The van der Waals surface area contributed by atoms with E-state index in [9.17, 15) is 0 Å². The van der Waals surface area contributed by atoms with Gasteiger partial charge < -0.3 is 13.7 Å². The molecule has 0 saturated heterocycles. The van der Waals surface area contributed by atoms with Crippen LogP contribution in [0.15, 0.2) is 186 Å². The molecular weight excluding hydrogens is 727 g/mol. The average molecular weight is 760 g/mol. The second-order valence-corrected chi connectivity index (χ2v) is 14.8. The van der Waals surface area contributed by atoms with E-state index in [-0.39, 0.29) is 0 Å². The summed E-state index contributed by atoms with van der Waals surface area (Å²) in [6.07, 6.45) is 0. The molecule has 0 aliphatic carbocycles. The first-order valence-corrected chi connectivity index (χ1v) is 19.7. The number of fused-ring (bicyclic) bond motifs is 9. The number of rotatable bonds is 6. The monoisotopic (exact) mass is 759 g/mol. The summed E-state index contributed by atoms with van der Waals surface area (Å²) in [5.41, 5.74) is 9.43. The smallest absolute Gasteiger partial charge is 0.238 e. The number of nitrogens with zero attached hydrogens (tertiary/aromatic N) is 5. The minimum absolute atomic E-state index is 0.500. The van der Waals surface area contributed by atoms with E-state index >= 15 is 0 Å². The molecule has 0 N–H and O–H groups in total. The third-order valence-corrected chi connectivity index (χ3v) is 11.4. The van der Waals surface area contributed by atoms with Crippen LogP contribution in [0.2, 0.25) is 0 Å². The molecular formula is C52H33N5O2. The predicted octanol–water partition coefficient (Wildman–Crippen LogP) is 13.4. The molecule has 59 heavy (non-hydrogen) atoms. The van der Waals surface area contributed by atoms with Crippen molar-refractivity contribution in [3.63, 3.8) is 0 Å². The van der Waals surface area contributed by atoms with Crippen molar-refractivity contribution in [1.82, 2.24) is 24.1 Å². The lowest BCUT2D eigenvalue weighted by atomic mass is 10.0. The SMILES string of the molecule is Cc1cccc(-c2nc(-c3cccc4oc5cc(-n6c7ccccc7c7ccccc76)ccc5c34)nc(-n3c4ccccc4c4ccccc43)n2)c1Oc1ccccc1. The van der Waals surface area contributed by atoms with E-state index in [4.69, 9.17) is 24.1 Å². The molecule has 4 heterocycles. The van der Waals surface area contributed by atoms with Crippen LogP contribution in [0, 0.1) is 6.92 Å². The number of benzene rings is 8. The van der Waals surface area contributed by atoms with E-state index in [0.29, 0.717) is 23.3 Å². The maximum Gasteiger partial charge on any atom is 0.238 e. The topological polar surface area (TPSA) is 70.9 Å². The molecule has 8 aromatic carbocycles. The van der Waals surface area contributed by atoms with Crippen molar-refractivity contribution in [3.8, 4) is 45.9 Å². The molecule has 12 aromatic rings. The summed E-state index contributed by atoms with van der Waals surface area (Å²) < 4.78 is 17.7. The highest BCUT2D eigenvalue weighted by atomic mass is 16.5. The van der Waals surface area contributed by atoms with Crippen LogP contribution in [0.1, 0.15) is 5.56 Å². The van der Waals surface area contributed by atoms with Gasteiger partial charge in [-0.25, -0.2) is 4.98 Å². The van der Waals surface area contributed by atoms with Gasteiger partial charge in [0.1, 0.15) is 22.7 Å². The molecule has 0 amide bonds. The van der Waals surface area contributed by atoms with E-state index in [2.05, 4.69) is 130 Å². The van der Waals surface area contributed by atoms with Gasteiger partial charge in [0, 0.05) is 49.6 Å². The lowest BCUT2D eigenvalue weighted by Crippen LogP contribution is -2.07. The van der Waals surface area contributed by atoms with E-state index in [0.717, 1.165) is 82.9 Å². The average Bonchev–Trinajstić information content (AvgIpc) is 3.95. The summed E-state index contributed by atoms with van der Waals surface area (Å²) >= 11 is 0. The summed E-state index contributed by atoms with van der Waals surface area (Å²) in [6, 6.07) is 62.4. The highest BCUT2D eigenvalue weighted by Crippen LogP contribution is 2.41. The Morgan fingerprint density at radius 2 is 0.983 bits per heavy atom. The summed E-state index contributed by atoms with van der Waals surface area (Å²) in [4.78, 5) is 15.9. The Morgan fingerprint density at radius 1 is 0.441 bits per heavy atom. The predicted molar refractivity (Wildman–Crippen MR) is 238 cm³/mol. The number of para-hydroxylation sites is 6.